The van der Waals surface area contributed by atoms with Crippen LogP contribution >= 0.6 is 0 Å². The number of aryl methyl sites for hydroxylation is 1. The highest BCUT2D eigenvalue weighted by atomic mass is 32.2. The van der Waals surface area contributed by atoms with Gasteiger partial charge in [-0.15, -0.1) is 0 Å². The molecule has 0 amide bonds. The second-order valence-corrected chi connectivity index (χ2v) is 7.15. The van der Waals surface area contributed by atoms with Crippen LogP contribution in [0, 0.1) is 11.3 Å². The molecule has 0 radical (unpaired) electrons. The molecule has 3 rings (SSSR count). The van der Waals surface area contributed by atoms with Crippen molar-refractivity contribution in [3.05, 3.63) is 47.7 Å². The smallest absolute Gasteiger partial charge is 0.263 e. The summed E-state index contributed by atoms with van der Waals surface area (Å²) >= 11 is 0. The van der Waals surface area contributed by atoms with E-state index in [4.69, 9.17) is 5.26 Å². The van der Waals surface area contributed by atoms with Gasteiger partial charge in [0.15, 0.2) is 0 Å². The topological polar surface area (TPSA) is 86.1 Å². The van der Waals surface area contributed by atoms with Crippen LogP contribution in [0.25, 0.3) is 0 Å². The first-order valence-electron chi connectivity index (χ1n) is 7.22. The van der Waals surface area contributed by atoms with Gasteiger partial charge in [0.2, 0.25) is 0 Å². The molecule has 0 bridgehead atoms. The minimum absolute atomic E-state index is 0.134. The maximum absolute atomic E-state index is 12.5. The second kappa shape index (κ2) is 5.89. The Morgan fingerprint density at radius 2 is 2.13 bits per heavy atom. The van der Waals surface area contributed by atoms with Crippen molar-refractivity contribution >= 4 is 21.5 Å². The van der Waals surface area contributed by atoms with E-state index < -0.39 is 10.0 Å². The highest BCUT2D eigenvalue weighted by molar-refractivity contribution is 7.92. The SMILES string of the molecule is CN1CCCc2ccc(S(=O)(=O)Nc3cc(C#N)ccn3)cc21. The van der Waals surface area contributed by atoms with Crippen molar-refractivity contribution in [2.24, 2.45) is 0 Å². The lowest BCUT2D eigenvalue weighted by molar-refractivity contribution is 0.601. The molecule has 23 heavy (non-hydrogen) atoms. The number of sulfonamides is 1. The lowest BCUT2D eigenvalue weighted by Crippen LogP contribution is -2.25. The van der Waals surface area contributed by atoms with Gasteiger partial charge >= 0.3 is 0 Å². The monoisotopic (exact) mass is 328 g/mol. The zero-order chi connectivity index (χ0) is 16.4. The minimum atomic E-state index is -3.74. The average molecular weight is 328 g/mol. The maximum Gasteiger partial charge on any atom is 0.263 e. The van der Waals surface area contributed by atoms with Gasteiger partial charge in [0, 0.05) is 25.5 Å². The molecule has 2 aromatic rings. The molecular weight excluding hydrogens is 312 g/mol. The number of nitrogens with one attached hydrogen (secondary N) is 1. The first-order valence-corrected chi connectivity index (χ1v) is 8.71. The molecule has 0 saturated carbocycles. The standard InChI is InChI=1S/C16H16N4O2S/c1-20-8-2-3-13-4-5-14(10-15(13)20)23(21,22)19-16-9-12(11-17)6-7-18-16/h4-7,9-10H,2-3,8H2,1H3,(H,18,19). The van der Waals surface area contributed by atoms with Crippen molar-refractivity contribution in [2.75, 3.05) is 23.2 Å². The lowest BCUT2D eigenvalue weighted by atomic mass is 10.0. The Balaban J connectivity index is 1.94. The van der Waals surface area contributed by atoms with Gasteiger partial charge in [0.1, 0.15) is 5.82 Å². The fourth-order valence-electron chi connectivity index (χ4n) is 2.66. The van der Waals surface area contributed by atoms with Gasteiger partial charge in [0.05, 0.1) is 16.5 Å². The predicted molar refractivity (Wildman–Crippen MR) is 87.8 cm³/mol. The van der Waals surface area contributed by atoms with Gasteiger partial charge in [-0.05, 0) is 42.7 Å². The minimum Gasteiger partial charge on any atom is -0.374 e. The van der Waals surface area contributed by atoms with E-state index >= 15 is 0 Å². The van der Waals surface area contributed by atoms with Crippen LogP contribution in [0.15, 0.2) is 41.4 Å². The molecule has 0 atom stereocenters. The number of fused-ring (bicyclic) bond motifs is 1. The molecule has 7 heteroatoms. The normalized spacial score (nSPS) is 14.0. The number of nitrogens with zero attached hydrogens (tertiary/aromatic N) is 3. The zero-order valence-corrected chi connectivity index (χ0v) is 13.5. The third kappa shape index (κ3) is 3.12. The van der Waals surface area contributed by atoms with E-state index in [1.165, 1.54) is 18.3 Å². The van der Waals surface area contributed by atoms with E-state index in [0.717, 1.165) is 30.6 Å². The van der Waals surface area contributed by atoms with Crippen LogP contribution in [0.5, 0.6) is 0 Å². The summed E-state index contributed by atoms with van der Waals surface area (Å²) in [5.74, 6) is 0.134. The average Bonchev–Trinajstić information content (AvgIpc) is 2.54. The van der Waals surface area contributed by atoms with Gasteiger partial charge in [-0.1, -0.05) is 6.07 Å². The molecule has 0 aliphatic carbocycles. The van der Waals surface area contributed by atoms with E-state index in [2.05, 4.69) is 14.6 Å². The van der Waals surface area contributed by atoms with Gasteiger partial charge in [-0.3, -0.25) is 4.72 Å². The Hall–Kier alpha value is -2.59. The van der Waals surface area contributed by atoms with Crippen LogP contribution in [0.1, 0.15) is 17.5 Å². The second-order valence-electron chi connectivity index (χ2n) is 5.46. The van der Waals surface area contributed by atoms with E-state index in [1.54, 1.807) is 12.1 Å². The van der Waals surface area contributed by atoms with Crippen molar-refractivity contribution in [2.45, 2.75) is 17.7 Å². The summed E-state index contributed by atoms with van der Waals surface area (Å²) < 4.78 is 27.5. The Bertz CT molecular complexity index is 887. The molecule has 1 aliphatic rings. The first kappa shape index (κ1) is 15.3. The fourth-order valence-corrected chi connectivity index (χ4v) is 3.68. The number of nitriles is 1. The summed E-state index contributed by atoms with van der Waals surface area (Å²) in [5, 5.41) is 8.88. The number of pyridine rings is 1. The Morgan fingerprint density at radius 3 is 2.91 bits per heavy atom. The largest absolute Gasteiger partial charge is 0.374 e. The number of aromatic nitrogens is 1. The quantitative estimate of drug-likeness (QED) is 0.933. The highest BCUT2D eigenvalue weighted by Gasteiger charge is 2.20. The fraction of sp³-hybridized carbons (Fsp3) is 0.250. The zero-order valence-electron chi connectivity index (χ0n) is 12.7. The van der Waals surface area contributed by atoms with E-state index in [0.29, 0.717) is 5.56 Å². The Morgan fingerprint density at radius 1 is 1.30 bits per heavy atom. The summed E-state index contributed by atoms with van der Waals surface area (Å²) in [4.78, 5) is 6.20. The Kier molecular flexibility index (Phi) is 3.92. The first-order chi connectivity index (χ1) is 11.0. The Labute approximate surface area is 135 Å². The molecule has 0 spiro atoms. The van der Waals surface area contributed by atoms with Crippen molar-refractivity contribution in [1.29, 1.82) is 5.26 Å². The van der Waals surface area contributed by atoms with Crippen molar-refractivity contribution < 1.29 is 8.42 Å². The molecule has 1 N–H and O–H groups in total. The van der Waals surface area contributed by atoms with Crippen LogP contribution in [0.3, 0.4) is 0 Å². The van der Waals surface area contributed by atoms with E-state index in [1.807, 2.05) is 19.2 Å². The molecule has 0 fully saturated rings. The lowest BCUT2D eigenvalue weighted by Gasteiger charge is -2.27. The van der Waals surface area contributed by atoms with Gasteiger partial charge < -0.3 is 4.90 Å². The number of rotatable bonds is 3. The molecule has 1 aromatic heterocycles. The van der Waals surface area contributed by atoms with Crippen molar-refractivity contribution in [3.63, 3.8) is 0 Å². The molecule has 0 saturated heterocycles. The van der Waals surface area contributed by atoms with Crippen LogP contribution in [-0.2, 0) is 16.4 Å². The summed E-state index contributed by atoms with van der Waals surface area (Å²) in [6.07, 6.45) is 3.43. The molecule has 0 unspecified atom stereocenters. The van der Waals surface area contributed by atoms with Gasteiger partial charge in [-0.2, -0.15) is 5.26 Å². The third-order valence-corrected chi connectivity index (χ3v) is 5.20. The van der Waals surface area contributed by atoms with Crippen molar-refractivity contribution in [1.82, 2.24) is 4.98 Å². The summed E-state index contributed by atoms with van der Waals surface area (Å²) in [6.45, 7) is 0.912. The number of hydrogen-bond acceptors (Lipinski definition) is 5. The van der Waals surface area contributed by atoms with Gasteiger partial charge in [0.25, 0.3) is 10.0 Å². The van der Waals surface area contributed by atoms with Crippen LogP contribution < -0.4 is 9.62 Å². The highest BCUT2D eigenvalue weighted by Crippen LogP contribution is 2.29. The molecule has 2 heterocycles. The van der Waals surface area contributed by atoms with E-state index in [-0.39, 0.29) is 10.7 Å². The number of anilines is 2. The predicted octanol–water partition coefficient (Wildman–Crippen LogP) is 2.14. The summed E-state index contributed by atoms with van der Waals surface area (Å²) in [7, 11) is -1.79. The number of hydrogen-bond donors (Lipinski definition) is 1. The summed E-state index contributed by atoms with van der Waals surface area (Å²) in [5.41, 5.74) is 2.45. The van der Waals surface area contributed by atoms with Crippen LogP contribution in [0.4, 0.5) is 11.5 Å². The molecule has 1 aliphatic heterocycles. The van der Waals surface area contributed by atoms with Gasteiger partial charge in [-0.25, -0.2) is 13.4 Å². The van der Waals surface area contributed by atoms with Crippen molar-refractivity contribution in [3.8, 4) is 6.07 Å². The molecule has 1 aromatic carbocycles. The third-order valence-electron chi connectivity index (χ3n) is 3.85. The van der Waals surface area contributed by atoms with E-state index in [9.17, 15) is 8.42 Å². The van der Waals surface area contributed by atoms with Crippen LogP contribution in [0.2, 0.25) is 0 Å². The maximum atomic E-state index is 12.5. The summed E-state index contributed by atoms with van der Waals surface area (Å²) in [6, 6.07) is 10.0. The molecule has 118 valence electrons. The number of benzene rings is 1. The van der Waals surface area contributed by atoms with Crippen LogP contribution in [-0.4, -0.2) is 27.0 Å². The molecular formula is C16H16N4O2S. The molecule has 6 nitrogen and oxygen atoms in total.